The van der Waals surface area contributed by atoms with E-state index in [-0.39, 0.29) is 11.8 Å². The molecule has 0 aliphatic heterocycles. The van der Waals surface area contributed by atoms with Gasteiger partial charge in [-0.15, -0.1) is 10.2 Å². The molecule has 0 aliphatic rings. The van der Waals surface area contributed by atoms with Crippen LogP contribution in [0.5, 0.6) is 5.75 Å². The van der Waals surface area contributed by atoms with Crippen LogP contribution >= 0.6 is 0 Å². The summed E-state index contributed by atoms with van der Waals surface area (Å²) in [6.45, 7) is 4.00. The molecule has 1 heterocycles. The summed E-state index contributed by atoms with van der Waals surface area (Å²) in [6, 6.07) is 11.0. The van der Waals surface area contributed by atoms with Crippen molar-refractivity contribution >= 4 is 23.2 Å². The largest absolute Gasteiger partial charge is 0.497 e. The Bertz CT molecular complexity index is 622. The SMILES string of the molecule is CCC(CC)C(=O)Nc1ccc(Nc2ccc(OC)cc2)nn1. The van der Waals surface area contributed by atoms with E-state index >= 15 is 0 Å². The molecule has 1 amide bonds. The lowest BCUT2D eigenvalue weighted by molar-refractivity contribution is -0.120. The molecule has 1 aromatic heterocycles. The number of amides is 1. The second kappa shape index (κ2) is 8.12. The fourth-order valence-corrected chi connectivity index (χ4v) is 2.18. The number of nitrogens with zero attached hydrogens (tertiary/aromatic N) is 2. The van der Waals surface area contributed by atoms with Gasteiger partial charge in [-0.3, -0.25) is 4.79 Å². The van der Waals surface area contributed by atoms with Crippen LogP contribution in [0.25, 0.3) is 0 Å². The van der Waals surface area contributed by atoms with Crippen molar-refractivity contribution in [2.45, 2.75) is 26.7 Å². The zero-order valence-electron chi connectivity index (χ0n) is 13.7. The molecule has 0 radical (unpaired) electrons. The molecule has 0 saturated carbocycles. The predicted octanol–water partition coefficient (Wildman–Crippen LogP) is 3.60. The molecule has 1 aromatic carbocycles. The summed E-state index contributed by atoms with van der Waals surface area (Å²) in [5.74, 6) is 1.85. The number of anilines is 3. The second-order valence-electron chi connectivity index (χ2n) is 5.16. The molecular formula is C17H22N4O2. The Hall–Kier alpha value is -2.63. The summed E-state index contributed by atoms with van der Waals surface area (Å²) in [6.07, 6.45) is 1.62. The Morgan fingerprint density at radius 3 is 2.17 bits per heavy atom. The molecule has 0 aliphatic carbocycles. The van der Waals surface area contributed by atoms with Crippen LogP contribution < -0.4 is 15.4 Å². The van der Waals surface area contributed by atoms with Crippen molar-refractivity contribution in [1.29, 1.82) is 0 Å². The van der Waals surface area contributed by atoms with E-state index in [0.29, 0.717) is 11.6 Å². The highest BCUT2D eigenvalue weighted by molar-refractivity contribution is 5.91. The molecule has 0 unspecified atom stereocenters. The molecular weight excluding hydrogens is 292 g/mol. The van der Waals surface area contributed by atoms with E-state index in [1.165, 1.54) is 0 Å². The summed E-state index contributed by atoms with van der Waals surface area (Å²) < 4.78 is 5.11. The first-order valence-electron chi connectivity index (χ1n) is 7.72. The molecule has 122 valence electrons. The average molecular weight is 314 g/mol. The molecule has 2 rings (SSSR count). The van der Waals surface area contributed by atoms with E-state index < -0.39 is 0 Å². The fourth-order valence-electron chi connectivity index (χ4n) is 2.18. The van der Waals surface area contributed by atoms with Gasteiger partial charge in [-0.2, -0.15) is 0 Å². The lowest BCUT2D eigenvalue weighted by Gasteiger charge is -2.12. The third kappa shape index (κ3) is 4.67. The molecule has 0 spiro atoms. The van der Waals surface area contributed by atoms with Crippen molar-refractivity contribution in [2.24, 2.45) is 5.92 Å². The first-order valence-corrected chi connectivity index (χ1v) is 7.72. The Morgan fingerprint density at radius 2 is 1.65 bits per heavy atom. The number of hydrogen-bond donors (Lipinski definition) is 2. The molecule has 0 fully saturated rings. The number of rotatable bonds is 7. The Labute approximate surface area is 136 Å². The molecule has 2 aromatic rings. The van der Waals surface area contributed by atoms with Gasteiger partial charge in [-0.1, -0.05) is 13.8 Å². The summed E-state index contributed by atoms with van der Waals surface area (Å²) in [5, 5.41) is 14.0. The van der Waals surface area contributed by atoms with E-state index in [4.69, 9.17) is 4.74 Å². The molecule has 0 saturated heterocycles. The van der Waals surface area contributed by atoms with Crippen LogP contribution in [0.1, 0.15) is 26.7 Å². The van der Waals surface area contributed by atoms with E-state index in [0.717, 1.165) is 24.3 Å². The van der Waals surface area contributed by atoms with Gasteiger partial charge in [-0.25, -0.2) is 0 Å². The molecule has 0 bridgehead atoms. The Balaban J connectivity index is 1.97. The third-order valence-corrected chi connectivity index (χ3v) is 3.63. The van der Waals surface area contributed by atoms with Crippen LogP contribution in [0, 0.1) is 5.92 Å². The number of methoxy groups -OCH3 is 1. The zero-order chi connectivity index (χ0) is 16.7. The average Bonchev–Trinajstić information content (AvgIpc) is 2.58. The van der Waals surface area contributed by atoms with Crippen LogP contribution in [0.3, 0.4) is 0 Å². The molecule has 6 nitrogen and oxygen atoms in total. The van der Waals surface area contributed by atoms with Crippen molar-refractivity contribution in [3.05, 3.63) is 36.4 Å². The highest BCUT2D eigenvalue weighted by Gasteiger charge is 2.14. The fraction of sp³-hybridized carbons (Fsp3) is 0.353. The summed E-state index contributed by atoms with van der Waals surface area (Å²) >= 11 is 0. The van der Waals surface area contributed by atoms with Gasteiger partial charge in [0.05, 0.1) is 7.11 Å². The van der Waals surface area contributed by atoms with Crippen LogP contribution in [0.15, 0.2) is 36.4 Å². The number of nitrogens with one attached hydrogen (secondary N) is 2. The highest BCUT2D eigenvalue weighted by Crippen LogP contribution is 2.19. The summed E-state index contributed by atoms with van der Waals surface area (Å²) in [7, 11) is 1.63. The quantitative estimate of drug-likeness (QED) is 0.816. The standard InChI is InChI=1S/C17H22N4O2/c1-4-12(5-2)17(22)19-16-11-10-15(20-21-16)18-13-6-8-14(23-3)9-7-13/h6-12H,4-5H2,1-3H3,(H,18,20)(H,19,21,22). The maximum atomic E-state index is 12.0. The van der Waals surface area contributed by atoms with Crippen LogP contribution in [-0.2, 0) is 4.79 Å². The van der Waals surface area contributed by atoms with E-state index in [9.17, 15) is 4.79 Å². The van der Waals surface area contributed by atoms with Gasteiger partial charge in [0, 0.05) is 11.6 Å². The van der Waals surface area contributed by atoms with Gasteiger partial charge < -0.3 is 15.4 Å². The van der Waals surface area contributed by atoms with Crippen molar-refractivity contribution < 1.29 is 9.53 Å². The number of ether oxygens (including phenoxy) is 1. The van der Waals surface area contributed by atoms with Gasteiger partial charge >= 0.3 is 0 Å². The van der Waals surface area contributed by atoms with Gasteiger partial charge in [0.25, 0.3) is 0 Å². The lowest BCUT2D eigenvalue weighted by Crippen LogP contribution is -2.22. The van der Waals surface area contributed by atoms with Crippen LogP contribution in [0.2, 0.25) is 0 Å². The van der Waals surface area contributed by atoms with Crippen LogP contribution in [-0.4, -0.2) is 23.2 Å². The molecule has 2 N–H and O–H groups in total. The Kier molecular flexibility index (Phi) is 5.91. The first-order chi connectivity index (χ1) is 11.2. The zero-order valence-corrected chi connectivity index (χ0v) is 13.7. The van der Waals surface area contributed by atoms with Crippen molar-refractivity contribution in [3.63, 3.8) is 0 Å². The predicted molar refractivity (Wildman–Crippen MR) is 91.0 cm³/mol. The minimum atomic E-state index is -0.0137. The monoisotopic (exact) mass is 314 g/mol. The molecule has 0 atom stereocenters. The maximum Gasteiger partial charge on any atom is 0.228 e. The van der Waals surface area contributed by atoms with Gasteiger partial charge in [0.15, 0.2) is 11.6 Å². The van der Waals surface area contributed by atoms with Crippen molar-refractivity contribution in [3.8, 4) is 5.75 Å². The normalized spacial score (nSPS) is 10.4. The van der Waals surface area contributed by atoms with E-state index in [1.807, 2.05) is 38.1 Å². The molecule has 6 heteroatoms. The maximum absolute atomic E-state index is 12.0. The van der Waals surface area contributed by atoms with Gasteiger partial charge in [-0.05, 0) is 49.2 Å². The van der Waals surface area contributed by atoms with Gasteiger partial charge in [0.2, 0.25) is 5.91 Å². The lowest BCUT2D eigenvalue weighted by atomic mass is 10.0. The number of aromatic nitrogens is 2. The summed E-state index contributed by atoms with van der Waals surface area (Å²) in [4.78, 5) is 12.0. The number of carbonyl (C=O) groups is 1. The minimum absolute atomic E-state index is 0.00824. The van der Waals surface area contributed by atoms with Crippen LogP contribution in [0.4, 0.5) is 17.3 Å². The van der Waals surface area contributed by atoms with E-state index in [1.54, 1.807) is 19.2 Å². The Morgan fingerprint density at radius 1 is 1.04 bits per heavy atom. The van der Waals surface area contributed by atoms with Gasteiger partial charge in [0.1, 0.15) is 5.75 Å². The number of hydrogen-bond acceptors (Lipinski definition) is 5. The number of benzene rings is 1. The topological polar surface area (TPSA) is 76.1 Å². The second-order valence-corrected chi connectivity index (χ2v) is 5.16. The minimum Gasteiger partial charge on any atom is -0.497 e. The van der Waals surface area contributed by atoms with Crippen molar-refractivity contribution in [2.75, 3.05) is 17.7 Å². The smallest absolute Gasteiger partial charge is 0.228 e. The highest BCUT2D eigenvalue weighted by atomic mass is 16.5. The van der Waals surface area contributed by atoms with E-state index in [2.05, 4.69) is 20.8 Å². The molecule has 23 heavy (non-hydrogen) atoms. The summed E-state index contributed by atoms with van der Waals surface area (Å²) in [5.41, 5.74) is 0.883. The van der Waals surface area contributed by atoms with Crippen molar-refractivity contribution in [1.82, 2.24) is 10.2 Å². The number of carbonyl (C=O) groups excluding carboxylic acids is 1. The first kappa shape index (κ1) is 16.7. The third-order valence-electron chi connectivity index (χ3n) is 3.63.